The number of hydrogen-bond acceptors (Lipinski definition) is 3. The van der Waals surface area contributed by atoms with Crippen LogP contribution < -0.4 is 10.6 Å². The van der Waals surface area contributed by atoms with Crippen molar-refractivity contribution in [2.75, 3.05) is 6.67 Å². The van der Waals surface area contributed by atoms with E-state index in [1.165, 1.54) is 0 Å². The lowest BCUT2D eigenvalue weighted by Crippen LogP contribution is -2.14. The van der Waals surface area contributed by atoms with Crippen molar-refractivity contribution in [2.24, 2.45) is 0 Å². The first-order chi connectivity index (χ1) is 7.84. The van der Waals surface area contributed by atoms with E-state index in [0.717, 1.165) is 16.6 Å². The molecule has 0 aromatic carbocycles. The van der Waals surface area contributed by atoms with Gasteiger partial charge in [0.1, 0.15) is 11.3 Å². The molecule has 1 aliphatic heterocycles. The van der Waals surface area contributed by atoms with Crippen LogP contribution in [0.15, 0.2) is 30.2 Å². The summed E-state index contributed by atoms with van der Waals surface area (Å²) in [5.41, 5.74) is 2.38. The monoisotopic (exact) mass is 214 g/mol. The molecule has 1 fully saturated rings. The number of aromatic amines is 1. The van der Waals surface area contributed by atoms with Gasteiger partial charge < -0.3 is 15.6 Å². The molecule has 1 aliphatic rings. The minimum Gasteiger partial charge on any atom is -0.363 e. The zero-order valence-electron chi connectivity index (χ0n) is 8.45. The Hall–Kier alpha value is -2.30. The number of rotatable bonds is 1. The third kappa shape index (κ3) is 1.33. The number of carbonyl (C=O) groups excluding carboxylic acids is 1. The fourth-order valence-corrected chi connectivity index (χ4v) is 1.76. The van der Waals surface area contributed by atoms with Crippen LogP contribution in [0.1, 0.15) is 5.56 Å². The number of hydrogen-bond donors (Lipinski definition) is 3. The van der Waals surface area contributed by atoms with Crippen molar-refractivity contribution in [1.82, 2.24) is 20.6 Å². The predicted molar refractivity (Wildman–Crippen MR) is 60.2 cm³/mol. The smallest absolute Gasteiger partial charge is 0.268 e. The summed E-state index contributed by atoms with van der Waals surface area (Å²) >= 11 is 0. The minimum absolute atomic E-state index is 0.0711. The lowest BCUT2D eigenvalue weighted by Gasteiger charge is -1.94. The van der Waals surface area contributed by atoms with Crippen molar-refractivity contribution in [3.8, 4) is 0 Å². The van der Waals surface area contributed by atoms with Crippen LogP contribution in [0.2, 0.25) is 0 Å². The first kappa shape index (κ1) is 8.96. The van der Waals surface area contributed by atoms with Crippen LogP contribution in [-0.2, 0) is 4.79 Å². The summed E-state index contributed by atoms with van der Waals surface area (Å²) in [5, 5.41) is 6.67. The summed E-state index contributed by atoms with van der Waals surface area (Å²) in [6.45, 7) is 0.491. The zero-order valence-corrected chi connectivity index (χ0v) is 8.45. The molecule has 3 N–H and O–H groups in total. The molecule has 5 nitrogen and oxygen atoms in total. The van der Waals surface area contributed by atoms with Gasteiger partial charge in [0.25, 0.3) is 5.91 Å². The van der Waals surface area contributed by atoms with E-state index in [1.807, 2.05) is 24.4 Å². The van der Waals surface area contributed by atoms with Crippen molar-refractivity contribution in [3.63, 3.8) is 0 Å². The van der Waals surface area contributed by atoms with E-state index in [1.54, 1.807) is 6.20 Å². The fraction of sp³-hybridized carbons (Fsp3) is 0.0909. The van der Waals surface area contributed by atoms with Crippen molar-refractivity contribution in [3.05, 3.63) is 35.8 Å². The molecular weight excluding hydrogens is 204 g/mol. The van der Waals surface area contributed by atoms with Gasteiger partial charge in [0, 0.05) is 23.3 Å². The van der Waals surface area contributed by atoms with Gasteiger partial charge in [-0.3, -0.25) is 4.79 Å². The largest absolute Gasteiger partial charge is 0.363 e. The molecule has 1 amide bonds. The fourth-order valence-electron chi connectivity index (χ4n) is 1.76. The third-order valence-electron chi connectivity index (χ3n) is 2.56. The van der Waals surface area contributed by atoms with Crippen molar-refractivity contribution in [2.45, 2.75) is 0 Å². The number of amides is 1. The second-order valence-corrected chi connectivity index (χ2v) is 3.56. The highest BCUT2D eigenvalue weighted by Crippen LogP contribution is 2.18. The minimum atomic E-state index is -0.0711. The van der Waals surface area contributed by atoms with Gasteiger partial charge in [0.15, 0.2) is 0 Å². The molecule has 0 unspecified atom stereocenters. The van der Waals surface area contributed by atoms with E-state index in [0.29, 0.717) is 12.4 Å². The summed E-state index contributed by atoms with van der Waals surface area (Å²) in [5.74, 6) is -0.0711. The molecule has 80 valence electrons. The Morgan fingerprint density at radius 3 is 3.12 bits per heavy atom. The third-order valence-corrected chi connectivity index (χ3v) is 2.56. The standard InChI is InChI=1S/C11H10N4O/c16-11-9(14-6-15-11)4-7-5-13-10-8(7)2-1-3-12-10/h1-5,14H,6H2,(H,12,13)(H,15,16)/b9-4-. The number of carbonyl (C=O) groups is 1. The molecule has 0 bridgehead atoms. The Morgan fingerprint density at radius 2 is 2.31 bits per heavy atom. The molecule has 3 rings (SSSR count). The maximum atomic E-state index is 11.4. The Bertz CT molecular complexity index is 584. The van der Waals surface area contributed by atoms with E-state index in [9.17, 15) is 4.79 Å². The average molecular weight is 214 g/mol. The van der Waals surface area contributed by atoms with Crippen LogP contribution in [0.4, 0.5) is 0 Å². The number of fused-ring (bicyclic) bond motifs is 1. The number of aromatic nitrogens is 2. The Labute approximate surface area is 91.6 Å². The summed E-state index contributed by atoms with van der Waals surface area (Å²) < 4.78 is 0. The van der Waals surface area contributed by atoms with E-state index in [-0.39, 0.29) is 5.91 Å². The van der Waals surface area contributed by atoms with Gasteiger partial charge in [-0.25, -0.2) is 4.98 Å². The highest BCUT2D eigenvalue weighted by Gasteiger charge is 2.15. The summed E-state index contributed by atoms with van der Waals surface area (Å²) in [7, 11) is 0. The maximum Gasteiger partial charge on any atom is 0.268 e. The van der Waals surface area contributed by atoms with Crippen molar-refractivity contribution < 1.29 is 4.79 Å². The zero-order chi connectivity index (χ0) is 11.0. The highest BCUT2D eigenvalue weighted by molar-refractivity contribution is 6.01. The molecule has 2 aromatic heterocycles. The topological polar surface area (TPSA) is 69.8 Å². The molecule has 1 saturated heterocycles. The second kappa shape index (κ2) is 3.37. The lowest BCUT2D eigenvalue weighted by molar-refractivity contribution is -0.116. The summed E-state index contributed by atoms with van der Waals surface area (Å²) in [6.07, 6.45) is 5.40. The van der Waals surface area contributed by atoms with Crippen LogP contribution in [0.3, 0.4) is 0 Å². The van der Waals surface area contributed by atoms with Gasteiger partial charge in [-0.1, -0.05) is 0 Å². The van der Waals surface area contributed by atoms with E-state index in [2.05, 4.69) is 20.6 Å². The molecule has 0 aliphatic carbocycles. The Kier molecular flexibility index (Phi) is 1.89. The van der Waals surface area contributed by atoms with Crippen LogP contribution >= 0.6 is 0 Å². The van der Waals surface area contributed by atoms with Gasteiger partial charge in [-0.15, -0.1) is 0 Å². The molecule has 0 saturated carbocycles. The van der Waals surface area contributed by atoms with Gasteiger partial charge in [0.2, 0.25) is 0 Å². The number of H-pyrrole nitrogens is 1. The number of pyridine rings is 1. The molecule has 0 atom stereocenters. The Morgan fingerprint density at radius 1 is 1.38 bits per heavy atom. The van der Waals surface area contributed by atoms with Crippen LogP contribution in [0.5, 0.6) is 0 Å². The van der Waals surface area contributed by atoms with Crippen LogP contribution in [-0.4, -0.2) is 22.5 Å². The van der Waals surface area contributed by atoms with Crippen molar-refractivity contribution >= 4 is 23.0 Å². The van der Waals surface area contributed by atoms with Gasteiger partial charge in [-0.05, 0) is 18.2 Å². The lowest BCUT2D eigenvalue weighted by atomic mass is 10.2. The van der Waals surface area contributed by atoms with E-state index >= 15 is 0 Å². The van der Waals surface area contributed by atoms with E-state index < -0.39 is 0 Å². The molecule has 16 heavy (non-hydrogen) atoms. The summed E-state index contributed by atoms with van der Waals surface area (Å²) in [4.78, 5) is 18.6. The molecular formula is C11H10N4O. The van der Waals surface area contributed by atoms with Gasteiger partial charge >= 0.3 is 0 Å². The molecule has 5 heteroatoms. The van der Waals surface area contributed by atoms with Gasteiger partial charge in [-0.2, -0.15) is 0 Å². The van der Waals surface area contributed by atoms with Crippen molar-refractivity contribution in [1.29, 1.82) is 0 Å². The first-order valence-electron chi connectivity index (χ1n) is 5.00. The SMILES string of the molecule is O=C1NCN/C1=C\c1c[nH]c2ncccc12. The molecule has 2 aromatic rings. The second-order valence-electron chi connectivity index (χ2n) is 3.56. The number of nitrogens with zero attached hydrogens (tertiary/aromatic N) is 1. The highest BCUT2D eigenvalue weighted by atomic mass is 16.2. The summed E-state index contributed by atoms with van der Waals surface area (Å²) in [6, 6.07) is 3.85. The normalized spacial score (nSPS) is 17.8. The number of nitrogens with one attached hydrogen (secondary N) is 3. The average Bonchev–Trinajstić information content (AvgIpc) is 2.88. The van der Waals surface area contributed by atoms with Crippen LogP contribution in [0.25, 0.3) is 17.1 Å². The van der Waals surface area contributed by atoms with E-state index in [4.69, 9.17) is 0 Å². The first-order valence-corrected chi connectivity index (χ1v) is 5.00. The quantitative estimate of drug-likeness (QED) is 0.608. The maximum absolute atomic E-state index is 11.4. The van der Waals surface area contributed by atoms with Crippen LogP contribution in [0, 0.1) is 0 Å². The molecule has 0 spiro atoms. The predicted octanol–water partition coefficient (Wildman–Crippen LogP) is 0.581. The Balaban J connectivity index is 2.10. The molecule has 3 heterocycles. The van der Waals surface area contributed by atoms with Gasteiger partial charge in [0.05, 0.1) is 6.67 Å². The molecule has 0 radical (unpaired) electrons.